The Morgan fingerprint density at radius 1 is 1.12 bits per heavy atom. The predicted molar refractivity (Wildman–Crippen MR) is 129 cm³/mol. The minimum absolute atomic E-state index is 0.256. The number of nitrogens with one attached hydrogen (secondary N) is 2. The van der Waals surface area contributed by atoms with E-state index in [-0.39, 0.29) is 12.6 Å². The van der Waals surface area contributed by atoms with Crippen LogP contribution >= 0.6 is 11.6 Å². The van der Waals surface area contributed by atoms with Gasteiger partial charge < -0.3 is 20.3 Å². The summed E-state index contributed by atoms with van der Waals surface area (Å²) < 4.78 is 5.36. The second-order valence-electron chi connectivity index (χ2n) is 8.30. The zero-order valence-corrected chi connectivity index (χ0v) is 19.7. The van der Waals surface area contributed by atoms with E-state index in [9.17, 15) is 9.59 Å². The van der Waals surface area contributed by atoms with Crippen molar-refractivity contribution in [1.82, 2.24) is 15.5 Å². The first-order chi connectivity index (χ1) is 15.9. The Kier molecular flexibility index (Phi) is 7.20. The highest BCUT2D eigenvalue weighted by atomic mass is 35.5. The molecular weight excluding hydrogens is 440 g/mol. The standard InChI is InChI=1S/C25H29ClN4O3/c1-3-33-24(31)22-21(27-25(32)28-23(22)18-7-9-19(26)10-8-18)16-29-11-13-30(14-12-29)20-6-4-5-17(2)15-20/h4-10,15,23H,3,11-14,16H2,1-2H3,(H2,27,28,32)/t23-/m0/s1. The molecule has 2 amide bonds. The van der Waals surface area contributed by atoms with Gasteiger partial charge in [0.05, 0.1) is 18.2 Å². The minimum Gasteiger partial charge on any atom is -0.463 e. The van der Waals surface area contributed by atoms with Crippen LogP contribution < -0.4 is 15.5 Å². The largest absolute Gasteiger partial charge is 0.463 e. The van der Waals surface area contributed by atoms with Gasteiger partial charge in [0, 0.05) is 49.1 Å². The van der Waals surface area contributed by atoms with E-state index in [2.05, 4.69) is 51.6 Å². The smallest absolute Gasteiger partial charge is 0.338 e. The maximum absolute atomic E-state index is 13.0. The SMILES string of the molecule is CCOC(=O)C1=C(CN2CCN(c3cccc(C)c3)CC2)NC(=O)N[C@H]1c1ccc(Cl)cc1. The van der Waals surface area contributed by atoms with Crippen LogP contribution in [0.2, 0.25) is 5.02 Å². The molecule has 2 aliphatic rings. The van der Waals surface area contributed by atoms with Gasteiger partial charge in [0.1, 0.15) is 0 Å². The summed E-state index contributed by atoms with van der Waals surface area (Å²) in [5, 5.41) is 6.32. The maximum atomic E-state index is 13.0. The highest BCUT2D eigenvalue weighted by Gasteiger charge is 2.34. The average molecular weight is 469 g/mol. The molecule has 0 bridgehead atoms. The zero-order chi connectivity index (χ0) is 23.4. The van der Waals surface area contributed by atoms with Gasteiger partial charge in [-0.25, -0.2) is 9.59 Å². The lowest BCUT2D eigenvalue weighted by Gasteiger charge is -2.38. The number of benzene rings is 2. The predicted octanol–water partition coefficient (Wildman–Crippen LogP) is 3.64. The second kappa shape index (κ2) is 10.3. The number of ether oxygens (including phenoxy) is 1. The number of amides is 2. The quantitative estimate of drug-likeness (QED) is 0.633. The van der Waals surface area contributed by atoms with Gasteiger partial charge >= 0.3 is 12.0 Å². The third kappa shape index (κ3) is 5.49. The molecule has 0 aromatic heterocycles. The number of hydrogen-bond donors (Lipinski definition) is 2. The lowest BCUT2D eigenvalue weighted by molar-refractivity contribution is -0.139. The van der Waals surface area contributed by atoms with Crippen LogP contribution in [0.5, 0.6) is 0 Å². The van der Waals surface area contributed by atoms with Gasteiger partial charge in [0.25, 0.3) is 0 Å². The van der Waals surface area contributed by atoms with E-state index in [4.69, 9.17) is 16.3 Å². The molecule has 0 radical (unpaired) electrons. The Bertz CT molecular complexity index is 1050. The van der Waals surface area contributed by atoms with E-state index in [0.29, 0.717) is 22.8 Å². The molecule has 33 heavy (non-hydrogen) atoms. The summed E-state index contributed by atoms with van der Waals surface area (Å²) in [6.45, 7) is 7.98. The van der Waals surface area contributed by atoms with Crippen LogP contribution in [0.1, 0.15) is 24.1 Å². The molecule has 8 heteroatoms. The van der Waals surface area contributed by atoms with Gasteiger partial charge in [-0.05, 0) is 49.2 Å². The molecule has 4 rings (SSSR count). The molecule has 2 aromatic carbocycles. The maximum Gasteiger partial charge on any atom is 0.338 e. The molecule has 1 fully saturated rings. The number of halogens is 1. The summed E-state index contributed by atoms with van der Waals surface area (Å²) in [5.41, 5.74) is 4.25. The van der Waals surface area contributed by atoms with E-state index < -0.39 is 12.0 Å². The summed E-state index contributed by atoms with van der Waals surface area (Å²) in [5.74, 6) is -0.432. The molecular formula is C25H29ClN4O3. The number of anilines is 1. The Morgan fingerprint density at radius 3 is 2.52 bits per heavy atom. The molecule has 0 spiro atoms. The Morgan fingerprint density at radius 2 is 1.85 bits per heavy atom. The molecule has 2 aliphatic heterocycles. The Hall–Kier alpha value is -3.03. The minimum atomic E-state index is -0.598. The molecule has 7 nitrogen and oxygen atoms in total. The molecule has 0 saturated carbocycles. The van der Waals surface area contributed by atoms with Crippen molar-refractivity contribution in [1.29, 1.82) is 0 Å². The molecule has 1 saturated heterocycles. The van der Waals surface area contributed by atoms with Gasteiger partial charge in [0.2, 0.25) is 0 Å². The number of esters is 1. The third-order valence-electron chi connectivity index (χ3n) is 5.97. The second-order valence-corrected chi connectivity index (χ2v) is 8.73. The van der Waals surface area contributed by atoms with Crippen molar-refractivity contribution in [3.63, 3.8) is 0 Å². The van der Waals surface area contributed by atoms with Crippen LogP contribution in [0.3, 0.4) is 0 Å². The van der Waals surface area contributed by atoms with Crippen LogP contribution in [0.15, 0.2) is 59.8 Å². The first-order valence-electron chi connectivity index (χ1n) is 11.2. The summed E-state index contributed by atoms with van der Waals surface area (Å²) in [6.07, 6.45) is 0. The van der Waals surface area contributed by atoms with Crippen LogP contribution in [-0.2, 0) is 9.53 Å². The summed E-state index contributed by atoms with van der Waals surface area (Å²) in [4.78, 5) is 30.1. The van der Waals surface area contributed by atoms with Crippen molar-refractivity contribution in [2.75, 3.05) is 44.2 Å². The first-order valence-corrected chi connectivity index (χ1v) is 11.6. The van der Waals surface area contributed by atoms with E-state index in [1.165, 1.54) is 11.3 Å². The number of carbonyl (C=O) groups excluding carboxylic acids is 2. The summed E-state index contributed by atoms with van der Waals surface area (Å²) in [7, 11) is 0. The van der Waals surface area contributed by atoms with Crippen molar-refractivity contribution in [3.8, 4) is 0 Å². The average Bonchev–Trinajstić information content (AvgIpc) is 2.80. The lowest BCUT2D eigenvalue weighted by atomic mass is 9.95. The van der Waals surface area contributed by atoms with Gasteiger partial charge in [-0.15, -0.1) is 0 Å². The van der Waals surface area contributed by atoms with Crippen LogP contribution in [0.4, 0.5) is 10.5 Å². The zero-order valence-electron chi connectivity index (χ0n) is 18.9. The monoisotopic (exact) mass is 468 g/mol. The molecule has 2 N–H and O–H groups in total. The number of hydrogen-bond acceptors (Lipinski definition) is 5. The number of urea groups is 1. The first kappa shape index (κ1) is 23.1. The lowest BCUT2D eigenvalue weighted by Crippen LogP contribution is -2.51. The molecule has 174 valence electrons. The Balaban J connectivity index is 1.55. The molecule has 0 aliphatic carbocycles. The highest BCUT2D eigenvalue weighted by Crippen LogP contribution is 2.29. The van der Waals surface area contributed by atoms with Crippen LogP contribution in [0, 0.1) is 6.92 Å². The fourth-order valence-corrected chi connectivity index (χ4v) is 4.44. The van der Waals surface area contributed by atoms with Crippen molar-refractivity contribution in [2.24, 2.45) is 0 Å². The van der Waals surface area contributed by atoms with E-state index in [1.807, 2.05) is 12.1 Å². The number of rotatable bonds is 6. The van der Waals surface area contributed by atoms with Gasteiger partial charge in [-0.2, -0.15) is 0 Å². The van der Waals surface area contributed by atoms with E-state index in [0.717, 1.165) is 31.7 Å². The Labute approximate surface area is 199 Å². The number of aryl methyl sites for hydroxylation is 1. The van der Waals surface area contributed by atoms with Crippen molar-refractivity contribution < 1.29 is 14.3 Å². The third-order valence-corrected chi connectivity index (χ3v) is 6.23. The van der Waals surface area contributed by atoms with E-state index >= 15 is 0 Å². The molecule has 1 atom stereocenters. The molecule has 2 aromatic rings. The number of carbonyl (C=O) groups is 2. The number of piperazine rings is 1. The van der Waals surface area contributed by atoms with Gasteiger partial charge in [-0.1, -0.05) is 35.9 Å². The summed E-state index contributed by atoms with van der Waals surface area (Å²) in [6, 6.07) is 14.7. The van der Waals surface area contributed by atoms with Gasteiger partial charge in [-0.3, -0.25) is 4.90 Å². The van der Waals surface area contributed by atoms with Crippen molar-refractivity contribution >= 4 is 29.3 Å². The normalized spacial score (nSPS) is 19.2. The van der Waals surface area contributed by atoms with Crippen LogP contribution in [0.25, 0.3) is 0 Å². The topological polar surface area (TPSA) is 73.9 Å². The fourth-order valence-electron chi connectivity index (χ4n) is 4.31. The number of nitrogens with zero attached hydrogens (tertiary/aromatic N) is 2. The van der Waals surface area contributed by atoms with Crippen molar-refractivity contribution in [3.05, 3.63) is 76.0 Å². The van der Waals surface area contributed by atoms with Crippen molar-refractivity contribution in [2.45, 2.75) is 19.9 Å². The molecule has 2 heterocycles. The molecule has 0 unspecified atom stereocenters. The van der Waals surface area contributed by atoms with Crippen LogP contribution in [-0.4, -0.2) is 56.2 Å². The highest BCUT2D eigenvalue weighted by molar-refractivity contribution is 6.30. The van der Waals surface area contributed by atoms with E-state index in [1.54, 1.807) is 19.1 Å². The fraction of sp³-hybridized carbons (Fsp3) is 0.360. The van der Waals surface area contributed by atoms with Gasteiger partial charge in [0.15, 0.2) is 0 Å². The summed E-state index contributed by atoms with van der Waals surface area (Å²) >= 11 is 6.04.